The van der Waals surface area contributed by atoms with E-state index in [1.54, 1.807) is 0 Å². The zero-order chi connectivity index (χ0) is 10.1. The van der Waals surface area contributed by atoms with Crippen LogP contribution in [0.1, 0.15) is 19.3 Å². The van der Waals surface area contributed by atoms with Crippen LogP contribution in [0.25, 0.3) is 0 Å². The molecule has 0 aliphatic carbocycles. The first-order valence-electron chi connectivity index (χ1n) is 4.45. The molecule has 0 rings (SSSR count). The minimum atomic E-state index is -0.522. The van der Waals surface area contributed by atoms with Gasteiger partial charge in [0.05, 0.1) is 0 Å². The number of carbonyl (C=O) groups is 1. The van der Waals surface area contributed by atoms with Crippen molar-refractivity contribution in [3.05, 3.63) is 12.7 Å². The molecule has 0 aromatic rings. The fourth-order valence-electron chi connectivity index (χ4n) is 0.875. The minimum absolute atomic E-state index is 0. The Morgan fingerprint density at radius 1 is 1.40 bits per heavy atom. The zero-order valence-corrected chi connectivity index (χ0v) is 10.3. The maximum atomic E-state index is 11.1. The highest BCUT2D eigenvalue weighted by molar-refractivity contribution is 5.85. The predicted octanol–water partition coefficient (Wildman–Crippen LogP) is 1.02. The first-order valence-corrected chi connectivity index (χ1v) is 4.45. The van der Waals surface area contributed by atoms with Crippen LogP contribution in [0.15, 0.2) is 12.7 Å². The van der Waals surface area contributed by atoms with Crippen LogP contribution in [0.3, 0.4) is 0 Å². The van der Waals surface area contributed by atoms with E-state index in [-0.39, 0.29) is 37.4 Å². The molecule has 0 radical (unpaired) electrons. The highest BCUT2D eigenvalue weighted by Crippen LogP contribution is 1.99. The molecule has 6 heteroatoms. The number of halogens is 2. The Hall–Kier alpha value is -0.290. The van der Waals surface area contributed by atoms with E-state index in [1.807, 2.05) is 0 Å². The Balaban J connectivity index is -0.000000720. The third-order valence-corrected chi connectivity index (χ3v) is 1.62. The number of ether oxygens (including phenoxy) is 1. The number of carbonyl (C=O) groups excluding carboxylic acids is 1. The highest BCUT2D eigenvalue weighted by atomic mass is 35.5. The molecule has 4 N–H and O–H groups in total. The van der Waals surface area contributed by atoms with Crippen molar-refractivity contribution in [2.75, 3.05) is 13.2 Å². The molecule has 1 atom stereocenters. The van der Waals surface area contributed by atoms with Gasteiger partial charge in [-0.3, -0.25) is 4.79 Å². The number of nitrogens with two attached hydrogens (primary N) is 2. The Bertz CT molecular complexity index is 168. The van der Waals surface area contributed by atoms with Crippen LogP contribution in [0.4, 0.5) is 0 Å². The normalized spacial score (nSPS) is 10.5. The zero-order valence-electron chi connectivity index (χ0n) is 8.69. The van der Waals surface area contributed by atoms with E-state index in [0.717, 1.165) is 12.8 Å². The highest BCUT2D eigenvalue weighted by Gasteiger charge is 2.13. The maximum absolute atomic E-state index is 11.1. The topological polar surface area (TPSA) is 78.3 Å². The van der Waals surface area contributed by atoms with Gasteiger partial charge in [-0.25, -0.2) is 0 Å². The third-order valence-electron chi connectivity index (χ3n) is 1.62. The summed E-state index contributed by atoms with van der Waals surface area (Å²) >= 11 is 0. The molecular weight excluding hydrogens is 239 g/mol. The largest absolute Gasteiger partial charge is 0.460 e. The second-order valence-corrected chi connectivity index (χ2v) is 2.81. The fraction of sp³-hybridized carbons (Fsp3) is 0.667. The lowest BCUT2D eigenvalue weighted by atomic mass is 10.1. The summed E-state index contributed by atoms with van der Waals surface area (Å²) in [6.45, 7) is 4.29. The summed E-state index contributed by atoms with van der Waals surface area (Å²) < 4.78 is 4.77. The van der Waals surface area contributed by atoms with Gasteiger partial charge in [0.25, 0.3) is 0 Å². The average molecular weight is 259 g/mol. The van der Waals surface area contributed by atoms with Crippen LogP contribution in [-0.4, -0.2) is 25.2 Å². The molecule has 0 spiro atoms. The number of unbranched alkanes of at least 4 members (excludes halogenated alkanes) is 1. The SMILES string of the molecule is C=CCOC(=O)[C@@H](N)CCCCN.Cl.Cl. The summed E-state index contributed by atoms with van der Waals surface area (Å²) in [6.07, 6.45) is 3.90. The Morgan fingerprint density at radius 3 is 2.47 bits per heavy atom. The van der Waals surface area contributed by atoms with Gasteiger partial charge >= 0.3 is 5.97 Å². The van der Waals surface area contributed by atoms with Gasteiger partial charge < -0.3 is 16.2 Å². The lowest BCUT2D eigenvalue weighted by molar-refractivity contribution is -0.144. The lowest BCUT2D eigenvalue weighted by Gasteiger charge is -2.09. The summed E-state index contributed by atoms with van der Waals surface area (Å²) in [7, 11) is 0. The van der Waals surface area contributed by atoms with Crippen molar-refractivity contribution in [3.63, 3.8) is 0 Å². The first kappa shape index (κ1) is 20.2. The summed E-state index contributed by atoms with van der Waals surface area (Å²) in [5, 5.41) is 0. The molecule has 15 heavy (non-hydrogen) atoms. The summed E-state index contributed by atoms with van der Waals surface area (Å²) in [4.78, 5) is 11.1. The Labute approximate surface area is 103 Å². The molecule has 0 heterocycles. The second-order valence-electron chi connectivity index (χ2n) is 2.81. The smallest absolute Gasteiger partial charge is 0.323 e. The summed E-state index contributed by atoms with van der Waals surface area (Å²) in [6, 6.07) is -0.522. The van der Waals surface area contributed by atoms with Crippen LogP contribution < -0.4 is 11.5 Å². The van der Waals surface area contributed by atoms with E-state index >= 15 is 0 Å². The molecule has 0 bridgehead atoms. The van der Waals surface area contributed by atoms with Crippen molar-refractivity contribution >= 4 is 30.8 Å². The molecule has 0 unspecified atom stereocenters. The molecule has 0 fully saturated rings. The molecule has 4 nitrogen and oxygen atoms in total. The first-order chi connectivity index (χ1) is 6.22. The number of rotatable bonds is 7. The van der Waals surface area contributed by atoms with E-state index in [1.165, 1.54) is 6.08 Å². The van der Waals surface area contributed by atoms with Crippen molar-refractivity contribution in [1.82, 2.24) is 0 Å². The van der Waals surface area contributed by atoms with Gasteiger partial charge in [-0.05, 0) is 19.4 Å². The van der Waals surface area contributed by atoms with E-state index < -0.39 is 6.04 Å². The van der Waals surface area contributed by atoms with Gasteiger partial charge in [0.15, 0.2) is 0 Å². The number of esters is 1. The number of hydrogen-bond acceptors (Lipinski definition) is 4. The third kappa shape index (κ3) is 11.6. The second kappa shape index (κ2) is 13.7. The predicted molar refractivity (Wildman–Crippen MR) is 66.5 cm³/mol. The van der Waals surface area contributed by atoms with E-state index in [9.17, 15) is 4.79 Å². The van der Waals surface area contributed by atoms with Gasteiger partial charge in [0, 0.05) is 0 Å². The standard InChI is InChI=1S/C9H18N2O2.2ClH/c1-2-7-13-9(12)8(11)5-3-4-6-10;;/h2,8H,1,3-7,10-11H2;2*1H/t8-;;/m0../s1. The van der Waals surface area contributed by atoms with Crippen LogP contribution in [-0.2, 0) is 9.53 Å². The minimum Gasteiger partial charge on any atom is -0.460 e. The molecule has 0 saturated carbocycles. The lowest BCUT2D eigenvalue weighted by Crippen LogP contribution is -2.32. The van der Waals surface area contributed by atoms with Crippen molar-refractivity contribution in [1.29, 1.82) is 0 Å². The molecule has 0 aromatic heterocycles. The average Bonchev–Trinajstić information content (AvgIpc) is 2.14. The van der Waals surface area contributed by atoms with Crippen LogP contribution in [0.5, 0.6) is 0 Å². The maximum Gasteiger partial charge on any atom is 0.323 e. The van der Waals surface area contributed by atoms with E-state index in [2.05, 4.69) is 6.58 Å². The number of hydrogen-bond donors (Lipinski definition) is 2. The molecule has 0 amide bonds. The molecule has 0 aliphatic rings. The van der Waals surface area contributed by atoms with Gasteiger partial charge in [0.2, 0.25) is 0 Å². The Kier molecular flexibility index (Phi) is 18.4. The van der Waals surface area contributed by atoms with Crippen LogP contribution in [0, 0.1) is 0 Å². The van der Waals surface area contributed by atoms with E-state index in [0.29, 0.717) is 13.0 Å². The van der Waals surface area contributed by atoms with Crippen molar-refractivity contribution < 1.29 is 9.53 Å². The van der Waals surface area contributed by atoms with Gasteiger partial charge in [0.1, 0.15) is 12.6 Å². The molecule has 0 saturated heterocycles. The van der Waals surface area contributed by atoms with Gasteiger partial charge in [-0.2, -0.15) is 0 Å². The van der Waals surface area contributed by atoms with Crippen LogP contribution >= 0.6 is 24.8 Å². The Morgan fingerprint density at radius 2 is 2.00 bits per heavy atom. The van der Waals surface area contributed by atoms with Crippen molar-refractivity contribution in [3.8, 4) is 0 Å². The van der Waals surface area contributed by atoms with Gasteiger partial charge in [-0.15, -0.1) is 24.8 Å². The fourth-order valence-corrected chi connectivity index (χ4v) is 0.875. The summed E-state index contributed by atoms with van der Waals surface area (Å²) in [5.41, 5.74) is 10.8. The van der Waals surface area contributed by atoms with Crippen molar-refractivity contribution in [2.24, 2.45) is 11.5 Å². The quantitative estimate of drug-likeness (QED) is 0.406. The molecule has 0 aliphatic heterocycles. The molecular formula is C9H20Cl2N2O2. The van der Waals surface area contributed by atoms with E-state index in [4.69, 9.17) is 16.2 Å². The molecule has 0 aromatic carbocycles. The van der Waals surface area contributed by atoms with Crippen molar-refractivity contribution in [2.45, 2.75) is 25.3 Å². The monoisotopic (exact) mass is 258 g/mol. The van der Waals surface area contributed by atoms with Crippen LogP contribution in [0.2, 0.25) is 0 Å². The molecule has 92 valence electrons. The summed E-state index contributed by atoms with van der Waals surface area (Å²) in [5.74, 6) is -0.364. The van der Waals surface area contributed by atoms with Gasteiger partial charge in [-0.1, -0.05) is 19.1 Å².